The van der Waals surface area contributed by atoms with Crippen LogP contribution < -0.4 is 5.32 Å². The molecule has 3 rings (SSSR count). The van der Waals surface area contributed by atoms with Crippen LogP contribution in [0.2, 0.25) is 0 Å². The number of benzene rings is 1. The van der Waals surface area contributed by atoms with Crippen molar-refractivity contribution in [1.29, 1.82) is 0 Å². The van der Waals surface area contributed by atoms with Crippen LogP contribution in [-0.2, 0) is 25.3 Å². The number of halogens is 6. The van der Waals surface area contributed by atoms with Gasteiger partial charge < -0.3 is 5.32 Å². The maximum absolute atomic E-state index is 13.0. The molecule has 3 aromatic rings. The van der Waals surface area contributed by atoms with Crippen molar-refractivity contribution in [3.63, 3.8) is 0 Å². The number of hydrogen-bond acceptors (Lipinski definition) is 5. The van der Waals surface area contributed by atoms with Gasteiger partial charge in [-0.25, -0.2) is 15.0 Å². The predicted octanol–water partition coefficient (Wildman–Crippen LogP) is 5.13. The Hall–Kier alpha value is -3.02. The van der Waals surface area contributed by atoms with Gasteiger partial charge in [-0.05, 0) is 36.2 Å². The van der Waals surface area contributed by atoms with Crippen LogP contribution in [0.15, 0.2) is 36.7 Å². The highest BCUT2D eigenvalue weighted by Gasteiger charge is 2.36. The average molecular weight is 460 g/mol. The molecule has 0 saturated carbocycles. The molecule has 1 aromatic carbocycles. The van der Waals surface area contributed by atoms with Crippen molar-refractivity contribution in [1.82, 2.24) is 20.3 Å². The van der Waals surface area contributed by atoms with E-state index in [1.54, 1.807) is 13.0 Å². The minimum Gasteiger partial charge on any atom is -0.347 e. The zero-order chi connectivity index (χ0) is 22.8. The Balaban J connectivity index is 1.85. The van der Waals surface area contributed by atoms with E-state index in [1.165, 1.54) is 12.4 Å². The Morgan fingerprint density at radius 2 is 1.58 bits per heavy atom. The number of carbonyl (C=O) groups is 1. The topological polar surface area (TPSA) is 67.8 Å². The third-order valence-corrected chi connectivity index (χ3v) is 5.19. The summed E-state index contributed by atoms with van der Waals surface area (Å²) in [5, 5.41) is 2.74. The smallest absolute Gasteiger partial charge is 0.347 e. The second-order valence-corrected chi connectivity index (χ2v) is 7.32. The molecular formula is C19H14F6N4OS. The molecule has 1 amide bonds. The lowest BCUT2D eigenvalue weighted by Gasteiger charge is -2.14. The Labute approximate surface area is 176 Å². The highest BCUT2D eigenvalue weighted by molar-refractivity contribution is 7.17. The summed E-state index contributed by atoms with van der Waals surface area (Å²) in [7, 11) is 0. The van der Waals surface area contributed by atoms with E-state index < -0.39 is 35.9 Å². The minimum absolute atomic E-state index is 0.0375. The first kappa shape index (κ1) is 22.7. The third-order valence-electron chi connectivity index (χ3n) is 4.10. The molecular weight excluding hydrogens is 446 g/mol. The van der Waals surface area contributed by atoms with Gasteiger partial charge in [-0.3, -0.25) is 4.79 Å². The molecule has 0 spiro atoms. The van der Waals surface area contributed by atoms with Crippen molar-refractivity contribution in [2.45, 2.75) is 32.2 Å². The number of aryl methyl sites for hydroxylation is 1. The van der Waals surface area contributed by atoms with Gasteiger partial charge in [0.1, 0.15) is 4.88 Å². The van der Waals surface area contributed by atoms with Crippen LogP contribution in [0.4, 0.5) is 26.3 Å². The van der Waals surface area contributed by atoms with Crippen molar-refractivity contribution >= 4 is 17.2 Å². The van der Waals surface area contributed by atoms with Crippen LogP contribution in [-0.4, -0.2) is 20.9 Å². The Morgan fingerprint density at radius 3 is 2.10 bits per heavy atom. The molecule has 0 aliphatic heterocycles. The number of thiazole rings is 1. The standard InChI is InChI=1S/C19H14F6N4OS/c1-2-13-14(31-17(29-13)15-26-4-3-5-27-15)16(30)28-9-10-6-11(18(20,21)22)8-12(7-10)19(23,24)25/h3-8H,2,9H2,1H3,(H,28,30). The fourth-order valence-corrected chi connectivity index (χ4v) is 3.68. The molecule has 164 valence electrons. The van der Waals surface area contributed by atoms with Crippen molar-refractivity contribution in [2.75, 3.05) is 0 Å². The molecule has 1 N–H and O–H groups in total. The summed E-state index contributed by atoms with van der Waals surface area (Å²) in [6, 6.07) is 2.80. The molecule has 0 saturated heterocycles. The second-order valence-electron chi connectivity index (χ2n) is 6.32. The van der Waals surface area contributed by atoms with Gasteiger partial charge in [0, 0.05) is 18.9 Å². The number of nitrogens with zero attached hydrogens (tertiary/aromatic N) is 3. The van der Waals surface area contributed by atoms with Crippen molar-refractivity contribution in [3.8, 4) is 10.8 Å². The van der Waals surface area contributed by atoms with Crippen molar-refractivity contribution in [2.24, 2.45) is 0 Å². The highest BCUT2D eigenvalue weighted by Crippen LogP contribution is 2.36. The quantitative estimate of drug-likeness (QED) is 0.536. The highest BCUT2D eigenvalue weighted by atomic mass is 32.1. The Bertz CT molecular complexity index is 1050. The lowest BCUT2D eigenvalue weighted by molar-refractivity contribution is -0.143. The molecule has 31 heavy (non-hydrogen) atoms. The van der Waals surface area contributed by atoms with Gasteiger partial charge in [-0.2, -0.15) is 26.3 Å². The first-order chi connectivity index (χ1) is 14.5. The van der Waals surface area contributed by atoms with Crippen molar-refractivity contribution in [3.05, 3.63) is 63.9 Å². The number of hydrogen-bond donors (Lipinski definition) is 1. The number of rotatable bonds is 5. The summed E-state index contributed by atoms with van der Waals surface area (Å²) in [6.45, 7) is 1.23. The minimum atomic E-state index is -4.96. The third kappa shape index (κ3) is 5.37. The molecule has 0 atom stereocenters. The number of nitrogens with one attached hydrogen (secondary N) is 1. The molecule has 0 radical (unpaired) electrons. The number of aromatic nitrogens is 3. The first-order valence-corrected chi connectivity index (χ1v) is 9.64. The SMILES string of the molecule is CCc1nc(-c2ncccn2)sc1C(=O)NCc1cc(C(F)(F)F)cc(C(F)(F)F)c1. The monoisotopic (exact) mass is 460 g/mol. The van der Waals surface area contributed by atoms with Gasteiger partial charge >= 0.3 is 12.4 Å². The van der Waals surface area contributed by atoms with E-state index >= 15 is 0 Å². The van der Waals surface area contributed by atoms with Gasteiger partial charge in [0.15, 0.2) is 10.8 Å². The van der Waals surface area contributed by atoms with Crippen LogP contribution in [0.5, 0.6) is 0 Å². The number of amides is 1. The van der Waals surface area contributed by atoms with Gasteiger partial charge in [-0.1, -0.05) is 6.92 Å². The molecule has 2 aromatic heterocycles. The fraction of sp³-hybridized carbons (Fsp3) is 0.263. The van der Waals surface area contributed by atoms with E-state index in [4.69, 9.17) is 0 Å². The van der Waals surface area contributed by atoms with Gasteiger partial charge in [0.25, 0.3) is 5.91 Å². The van der Waals surface area contributed by atoms with Gasteiger partial charge in [0.2, 0.25) is 0 Å². The van der Waals surface area contributed by atoms with E-state index in [0.717, 1.165) is 11.3 Å². The summed E-state index contributed by atoms with van der Waals surface area (Å²) in [5.41, 5.74) is -2.79. The molecule has 0 fully saturated rings. The number of alkyl halides is 6. The van der Waals surface area contributed by atoms with Crippen LogP contribution in [0.25, 0.3) is 10.8 Å². The molecule has 12 heteroatoms. The largest absolute Gasteiger partial charge is 0.416 e. The van der Waals surface area contributed by atoms with Crippen LogP contribution >= 0.6 is 11.3 Å². The molecule has 2 heterocycles. The maximum atomic E-state index is 13.0. The van der Waals surface area contributed by atoms with E-state index in [0.29, 0.717) is 35.1 Å². The maximum Gasteiger partial charge on any atom is 0.416 e. The summed E-state index contributed by atoms with van der Waals surface area (Å²) >= 11 is 0.987. The van der Waals surface area contributed by atoms with E-state index in [1.807, 2.05) is 0 Å². The first-order valence-electron chi connectivity index (χ1n) is 8.82. The summed E-state index contributed by atoms with van der Waals surface area (Å²) < 4.78 is 77.9. The molecule has 0 bridgehead atoms. The van der Waals surface area contributed by atoms with Gasteiger partial charge in [0.05, 0.1) is 16.8 Å². The zero-order valence-electron chi connectivity index (χ0n) is 15.8. The van der Waals surface area contributed by atoms with Crippen LogP contribution in [0.1, 0.15) is 39.0 Å². The lowest BCUT2D eigenvalue weighted by atomic mass is 10.0. The Kier molecular flexibility index (Phi) is 6.30. The fourth-order valence-electron chi connectivity index (χ4n) is 2.66. The van der Waals surface area contributed by atoms with Gasteiger partial charge in [-0.15, -0.1) is 11.3 Å². The van der Waals surface area contributed by atoms with Crippen LogP contribution in [0, 0.1) is 0 Å². The average Bonchev–Trinajstić information content (AvgIpc) is 3.16. The molecule has 0 aliphatic rings. The summed E-state index contributed by atoms with van der Waals surface area (Å²) in [5.74, 6) is -0.364. The Morgan fingerprint density at radius 1 is 1.00 bits per heavy atom. The second kappa shape index (κ2) is 8.61. The zero-order valence-corrected chi connectivity index (χ0v) is 16.6. The lowest BCUT2D eigenvalue weighted by Crippen LogP contribution is -2.23. The molecule has 5 nitrogen and oxygen atoms in total. The predicted molar refractivity (Wildman–Crippen MR) is 100 cm³/mol. The van der Waals surface area contributed by atoms with Crippen molar-refractivity contribution < 1.29 is 31.1 Å². The molecule has 0 unspecified atom stereocenters. The van der Waals surface area contributed by atoms with E-state index in [-0.39, 0.29) is 16.5 Å². The normalized spacial score (nSPS) is 12.1. The summed E-state index contributed by atoms with van der Waals surface area (Å²) in [6.07, 6.45) is -6.54. The van der Waals surface area contributed by atoms with E-state index in [9.17, 15) is 31.1 Å². The van der Waals surface area contributed by atoms with E-state index in [2.05, 4.69) is 20.3 Å². The summed E-state index contributed by atoms with van der Waals surface area (Å²) in [4.78, 5) is 25.2. The molecule has 0 aliphatic carbocycles. The van der Waals surface area contributed by atoms with Crippen LogP contribution in [0.3, 0.4) is 0 Å². The number of carbonyl (C=O) groups excluding carboxylic acids is 1.